The molecule has 0 saturated carbocycles. The minimum atomic E-state index is 0. The van der Waals surface area contributed by atoms with Crippen molar-refractivity contribution in [3.63, 3.8) is 0 Å². The van der Waals surface area contributed by atoms with Crippen molar-refractivity contribution >= 4 is 3.21 Å². The van der Waals surface area contributed by atoms with Crippen LogP contribution in [0, 0.1) is 33.8 Å². The van der Waals surface area contributed by atoms with E-state index in [1.165, 1.54) is 99.8 Å². The van der Waals surface area contributed by atoms with Crippen LogP contribution < -0.4 is 24.8 Å². The van der Waals surface area contributed by atoms with Crippen LogP contribution in [0.3, 0.4) is 0 Å². The van der Waals surface area contributed by atoms with Gasteiger partial charge in [-0.05, 0) is 28.4 Å². The molecule has 1 aliphatic carbocycles. The van der Waals surface area contributed by atoms with Crippen molar-refractivity contribution in [2.45, 2.75) is 106 Å². The first-order chi connectivity index (χ1) is 21.9. The molecule has 3 heteroatoms. The molecule has 1 aliphatic rings. The van der Waals surface area contributed by atoms with Crippen LogP contribution >= 0.6 is 0 Å². The molecule has 5 aromatic rings. The Kier molecular flexibility index (Phi) is 15.4. The van der Waals surface area contributed by atoms with Crippen LogP contribution in [0.2, 0.25) is 0 Å². The fourth-order valence-corrected chi connectivity index (χ4v) is 6.90. The molecule has 0 amide bonds. The summed E-state index contributed by atoms with van der Waals surface area (Å²) in [5.74, 6) is 0.675. The fraction of sp³-hybridized carbons (Fsp3) is 0.348. The monoisotopic (exact) mass is 766 g/mol. The van der Waals surface area contributed by atoms with Gasteiger partial charge in [0.15, 0.2) is 0 Å². The third-order valence-corrected chi connectivity index (χ3v) is 10.5. The molecule has 0 N–H and O–H groups in total. The van der Waals surface area contributed by atoms with Crippen LogP contribution in [0.25, 0.3) is 11.1 Å². The summed E-state index contributed by atoms with van der Waals surface area (Å²) in [5.41, 5.74) is 18.3. The Morgan fingerprint density at radius 3 is 1.59 bits per heavy atom. The summed E-state index contributed by atoms with van der Waals surface area (Å²) in [5, 5.41) is 0. The Balaban J connectivity index is 0.000000265. The van der Waals surface area contributed by atoms with Gasteiger partial charge in [0.25, 0.3) is 0 Å². The molecule has 0 saturated heterocycles. The SMILES string of the molecule is CC(C)(C)c1[c-]c2c(cc1)-c1ccc(C(C)(C)C)cc1C2.Cc1cc(C(C)C)c(C)[cH-]1.Cc1ccc([C](=[Zr+2])c2ccc(C)cc2)cc1.[Cl-].[Cl-]. The van der Waals surface area contributed by atoms with E-state index in [1.807, 2.05) is 0 Å². The molecular weight excluding hydrogens is 715 g/mol. The Morgan fingerprint density at radius 2 is 1.18 bits per heavy atom. The maximum absolute atomic E-state index is 3.67. The van der Waals surface area contributed by atoms with E-state index in [0.717, 1.165) is 6.42 Å². The summed E-state index contributed by atoms with van der Waals surface area (Å²) < 4.78 is 1.42. The first kappa shape index (κ1) is 42.7. The molecule has 0 fully saturated rings. The zero-order valence-corrected chi connectivity index (χ0v) is 35.7. The van der Waals surface area contributed by atoms with Crippen molar-refractivity contribution in [2.75, 3.05) is 0 Å². The van der Waals surface area contributed by atoms with Crippen LogP contribution in [0.5, 0.6) is 0 Å². The smallest absolute Gasteiger partial charge is 1.00 e. The van der Waals surface area contributed by atoms with Gasteiger partial charge in [-0.25, -0.2) is 6.07 Å². The van der Waals surface area contributed by atoms with E-state index in [1.54, 1.807) is 0 Å². The zero-order chi connectivity index (χ0) is 34.7. The summed E-state index contributed by atoms with van der Waals surface area (Å²) >= 11 is 1.46. The average Bonchev–Trinajstić information content (AvgIpc) is 3.55. The summed E-state index contributed by atoms with van der Waals surface area (Å²) in [6.45, 7) is 26.7. The Bertz CT molecular complexity index is 1710. The van der Waals surface area contributed by atoms with Crippen LogP contribution in [0.1, 0.15) is 123 Å². The van der Waals surface area contributed by atoms with Crippen molar-refractivity contribution in [1.82, 2.24) is 0 Å². The molecule has 0 spiro atoms. The van der Waals surface area contributed by atoms with Crippen LogP contribution in [-0.2, 0) is 41.5 Å². The fourth-order valence-electron chi connectivity index (χ4n) is 6.08. The third-order valence-electron chi connectivity index (χ3n) is 9.05. The standard InChI is InChI=1S/C21H25.C15H14.C10H15.2ClH.Zr/c1-20(2,3)16-7-9-18-14(12-16)11-15-13-17(21(4,5)6)8-10-19(15)18;1-12-3-7-14(8-4-12)11-15-9-5-13(2)6-10-15;1-7(2)10-6-8(3)5-9(10)4;;;/h7-10,12H,11H2,1-6H3;3-10H,1-2H3;5-7H,1-4H3;2*1H;/q-1;;-1;;;+2/p-2. The third kappa shape index (κ3) is 11.3. The average molecular weight is 769 g/mol. The molecule has 0 aromatic heterocycles. The number of hydrogen-bond acceptors (Lipinski definition) is 0. The van der Waals surface area contributed by atoms with E-state index in [4.69, 9.17) is 0 Å². The second-order valence-electron chi connectivity index (χ2n) is 15.7. The van der Waals surface area contributed by atoms with Gasteiger partial charge >= 0.3 is 112 Å². The second kappa shape index (κ2) is 17.7. The van der Waals surface area contributed by atoms with Crippen molar-refractivity contribution in [1.29, 1.82) is 0 Å². The molecule has 0 nitrogen and oxygen atoms in total. The first-order valence-corrected chi connectivity index (χ1v) is 18.3. The molecule has 6 rings (SSSR count). The minimum absolute atomic E-state index is 0. The second-order valence-corrected chi connectivity index (χ2v) is 17.0. The van der Waals surface area contributed by atoms with Gasteiger partial charge in [0.05, 0.1) is 0 Å². The number of benzene rings is 4. The molecule has 0 atom stereocenters. The van der Waals surface area contributed by atoms with Crippen molar-refractivity contribution in [2.24, 2.45) is 0 Å². The molecule has 0 bridgehead atoms. The number of halogens is 2. The molecule has 5 aromatic carbocycles. The van der Waals surface area contributed by atoms with Gasteiger partial charge in [-0.2, -0.15) is 46.5 Å². The van der Waals surface area contributed by atoms with Crippen LogP contribution in [0.4, 0.5) is 0 Å². The predicted molar refractivity (Wildman–Crippen MR) is 202 cm³/mol. The molecule has 0 heterocycles. The van der Waals surface area contributed by atoms with Gasteiger partial charge in [-0.1, -0.05) is 98.9 Å². The molecule has 0 radical (unpaired) electrons. The van der Waals surface area contributed by atoms with Crippen molar-refractivity contribution in [3.8, 4) is 11.1 Å². The summed E-state index contributed by atoms with van der Waals surface area (Å²) in [7, 11) is 0. The summed E-state index contributed by atoms with van der Waals surface area (Å²) in [6, 6.07) is 37.2. The van der Waals surface area contributed by atoms with Gasteiger partial charge in [0.1, 0.15) is 0 Å². The topological polar surface area (TPSA) is 0 Å². The normalized spacial score (nSPS) is 11.6. The van der Waals surface area contributed by atoms with Gasteiger partial charge in [0, 0.05) is 0 Å². The molecule has 258 valence electrons. The minimum Gasteiger partial charge on any atom is -1.00 e. The van der Waals surface area contributed by atoms with Gasteiger partial charge < -0.3 is 24.8 Å². The quantitative estimate of drug-likeness (QED) is 0.188. The van der Waals surface area contributed by atoms with Gasteiger partial charge in [0.2, 0.25) is 0 Å². The maximum atomic E-state index is 3.67. The Morgan fingerprint density at radius 1 is 0.673 bits per heavy atom. The number of aryl methyl sites for hydroxylation is 4. The first-order valence-electron chi connectivity index (χ1n) is 17.1. The van der Waals surface area contributed by atoms with Crippen LogP contribution in [0.15, 0.2) is 91.0 Å². The summed E-state index contributed by atoms with van der Waals surface area (Å²) in [6.07, 6.45) is 1.03. The van der Waals surface area contributed by atoms with Gasteiger partial charge in [-0.15, -0.1) is 11.1 Å². The van der Waals surface area contributed by atoms with Crippen LogP contribution in [-0.4, -0.2) is 3.21 Å². The Labute approximate surface area is 325 Å². The molecular formula is C46H54Cl2Zr-2. The van der Waals surface area contributed by atoms with E-state index < -0.39 is 0 Å². The van der Waals surface area contributed by atoms with E-state index in [0.29, 0.717) is 5.92 Å². The Hall–Kier alpha value is -2.44. The molecule has 49 heavy (non-hydrogen) atoms. The summed E-state index contributed by atoms with van der Waals surface area (Å²) in [4.78, 5) is 0. The van der Waals surface area contributed by atoms with E-state index in [-0.39, 0.29) is 35.6 Å². The largest absolute Gasteiger partial charge is 1.00 e. The van der Waals surface area contributed by atoms with Crippen molar-refractivity contribution in [3.05, 3.63) is 158 Å². The predicted octanol–water partition coefficient (Wildman–Crippen LogP) is 6.23. The van der Waals surface area contributed by atoms with Crippen molar-refractivity contribution < 1.29 is 49.0 Å². The van der Waals surface area contributed by atoms with E-state index in [2.05, 4.69) is 180 Å². The molecule has 0 aliphatic heterocycles. The number of fused-ring (bicyclic) bond motifs is 3. The number of rotatable bonds is 3. The maximum Gasteiger partial charge on any atom is -1.00 e. The van der Waals surface area contributed by atoms with E-state index >= 15 is 0 Å². The van der Waals surface area contributed by atoms with Gasteiger partial charge in [-0.3, -0.25) is 0 Å². The van der Waals surface area contributed by atoms with E-state index in [9.17, 15) is 0 Å². The zero-order valence-electron chi connectivity index (χ0n) is 31.7. The number of hydrogen-bond donors (Lipinski definition) is 0. The molecule has 0 unspecified atom stereocenters.